The number of aryl methyl sites for hydroxylation is 1. The Morgan fingerprint density at radius 2 is 2.00 bits per heavy atom. The molecule has 7 nitrogen and oxygen atoms in total. The van der Waals surface area contributed by atoms with Gasteiger partial charge in [0.05, 0.1) is 11.4 Å². The summed E-state index contributed by atoms with van der Waals surface area (Å²) in [6.45, 7) is 2.87. The largest absolute Gasteiger partial charge is 0.350 e. The first-order chi connectivity index (χ1) is 15.1. The minimum absolute atomic E-state index is 0.598. The maximum absolute atomic E-state index is 4.79. The van der Waals surface area contributed by atoms with Crippen molar-refractivity contribution in [3.05, 3.63) is 66.5 Å². The highest BCUT2D eigenvalue weighted by atomic mass is 15.5. The van der Waals surface area contributed by atoms with Crippen LogP contribution >= 0.6 is 0 Å². The molecule has 0 unspecified atom stereocenters. The second kappa shape index (κ2) is 8.02. The van der Waals surface area contributed by atoms with Crippen molar-refractivity contribution in [1.29, 1.82) is 0 Å². The summed E-state index contributed by atoms with van der Waals surface area (Å²) in [5.74, 6) is 0.598. The van der Waals surface area contributed by atoms with Gasteiger partial charge in [-0.3, -0.25) is 0 Å². The lowest BCUT2D eigenvalue weighted by molar-refractivity contribution is 0.286. The van der Waals surface area contributed by atoms with Crippen molar-refractivity contribution in [2.75, 3.05) is 37.9 Å². The van der Waals surface area contributed by atoms with Gasteiger partial charge in [-0.05, 0) is 50.0 Å². The lowest BCUT2D eigenvalue weighted by Crippen LogP contribution is -2.31. The number of hydrogen-bond acceptors (Lipinski definition) is 6. The predicted molar refractivity (Wildman–Crippen MR) is 126 cm³/mol. The van der Waals surface area contributed by atoms with E-state index in [0.29, 0.717) is 5.95 Å². The number of hydrazine groups is 1. The Hall–Kier alpha value is -3.42. The summed E-state index contributed by atoms with van der Waals surface area (Å²) in [4.78, 5) is 11.4. The summed E-state index contributed by atoms with van der Waals surface area (Å²) < 4.78 is 2.13. The van der Waals surface area contributed by atoms with Crippen LogP contribution in [0.3, 0.4) is 0 Å². The van der Waals surface area contributed by atoms with Gasteiger partial charge in [0.2, 0.25) is 5.95 Å². The maximum atomic E-state index is 4.79. The lowest BCUT2D eigenvalue weighted by Gasteiger charge is -2.18. The standard InChI is InChI=1S/C24H27N7/c1-29(2)12-13-31-15-17-14-18(8-9-21(17)28-31)26-24-25-11-10-22(27-24)20-16-30(3)23-7-5-4-6-19(20)23/h4-11,14,16,28H,12-13,15H2,1-3H3,(H,25,26,27). The van der Waals surface area contributed by atoms with Gasteiger partial charge in [-0.2, -0.15) is 0 Å². The van der Waals surface area contributed by atoms with E-state index in [1.165, 1.54) is 16.5 Å². The van der Waals surface area contributed by atoms with E-state index in [0.717, 1.165) is 42.3 Å². The summed E-state index contributed by atoms with van der Waals surface area (Å²) in [5, 5.41) is 6.81. The highest BCUT2D eigenvalue weighted by Crippen LogP contribution is 2.31. The Morgan fingerprint density at radius 1 is 1.13 bits per heavy atom. The zero-order valence-electron chi connectivity index (χ0n) is 18.1. The van der Waals surface area contributed by atoms with Gasteiger partial charge in [0.25, 0.3) is 0 Å². The summed E-state index contributed by atoms with van der Waals surface area (Å²) >= 11 is 0. The topological polar surface area (TPSA) is 61.2 Å². The molecule has 158 valence electrons. The van der Waals surface area contributed by atoms with E-state index < -0.39 is 0 Å². The first-order valence-corrected chi connectivity index (χ1v) is 10.5. The molecule has 0 fully saturated rings. The third-order valence-electron chi connectivity index (χ3n) is 5.65. The molecule has 0 atom stereocenters. The molecule has 0 saturated heterocycles. The number of nitrogens with zero attached hydrogens (tertiary/aromatic N) is 5. The average molecular weight is 414 g/mol. The number of nitrogens with one attached hydrogen (secondary N) is 2. The van der Waals surface area contributed by atoms with Crippen LogP contribution in [-0.4, -0.2) is 51.6 Å². The number of fused-ring (bicyclic) bond motifs is 2. The highest BCUT2D eigenvalue weighted by Gasteiger charge is 2.18. The Labute approximate surface area is 182 Å². The molecular formula is C24H27N7. The van der Waals surface area contributed by atoms with Crippen LogP contribution in [-0.2, 0) is 13.6 Å². The van der Waals surface area contributed by atoms with Crippen LogP contribution in [0, 0.1) is 0 Å². The quantitative estimate of drug-likeness (QED) is 0.497. The van der Waals surface area contributed by atoms with E-state index in [1.807, 2.05) is 12.3 Å². The van der Waals surface area contributed by atoms with E-state index in [2.05, 4.69) is 100 Å². The van der Waals surface area contributed by atoms with Crippen molar-refractivity contribution in [3.63, 3.8) is 0 Å². The van der Waals surface area contributed by atoms with Gasteiger partial charge in [0.15, 0.2) is 0 Å². The second-order valence-electron chi connectivity index (χ2n) is 8.27. The van der Waals surface area contributed by atoms with Crippen LogP contribution in [0.25, 0.3) is 22.2 Å². The minimum atomic E-state index is 0.598. The fourth-order valence-electron chi connectivity index (χ4n) is 4.03. The van der Waals surface area contributed by atoms with E-state index >= 15 is 0 Å². The number of likely N-dealkylation sites (N-methyl/N-ethyl adjacent to an activating group) is 1. The van der Waals surface area contributed by atoms with Gasteiger partial charge in [-0.25, -0.2) is 15.0 Å². The Morgan fingerprint density at radius 3 is 2.87 bits per heavy atom. The SMILES string of the molecule is CN(C)CCN1Cc2cc(Nc3nccc(-c4cn(C)c5ccccc45)n3)ccc2N1. The molecule has 7 heteroatoms. The number of para-hydroxylation sites is 1. The van der Waals surface area contributed by atoms with Gasteiger partial charge in [-0.1, -0.05) is 18.2 Å². The Kier molecular flexibility index (Phi) is 5.05. The highest BCUT2D eigenvalue weighted by molar-refractivity contribution is 5.95. The number of aromatic nitrogens is 3. The van der Waals surface area contributed by atoms with E-state index in [-0.39, 0.29) is 0 Å². The zero-order chi connectivity index (χ0) is 21.4. The molecule has 0 saturated carbocycles. The maximum Gasteiger partial charge on any atom is 0.227 e. The van der Waals surface area contributed by atoms with E-state index in [4.69, 9.17) is 4.98 Å². The van der Waals surface area contributed by atoms with Crippen molar-refractivity contribution in [2.45, 2.75) is 6.54 Å². The summed E-state index contributed by atoms with van der Waals surface area (Å²) in [6, 6.07) is 16.7. The second-order valence-corrected chi connectivity index (χ2v) is 8.27. The van der Waals surface area contributed by atoms with Crippen LogP contribution in [0.5, 0.6) is 0 Å². The van der Waals surface area contributed by atoms with Crippen molar-refractivity contribution in [2.24, 2.45) is 7.05 Å². The first-order valence-electron chi connectivity index (χ1n) is 10.5. The lowest BCUT2D eigenvalue weighted by atomic mass is 10.1. The summed E-state index contributed by atoms with van der Waals surface area (Å²) in [6.07, 6.45) is 3.94. The fourth-order valence-corrected chi connectivity index (χ4v) is 4.03. The molecule has 2 aromatic carbocycles. The molecule has 2 aromatic heterocycles. The van der Waals surface area contributed by atoms with E-state index in [9.17, 15) is 0 Å². The molecule has 0 radical (unpaired) electrons. The van der Waals surface area contributed by atoms with Crippen molar-refractivity contribution >= 4 is 28.2 Å². The molecule has 0 spiro atoms. The zero-order valence-corrected chi connectivity index (χ0v) is 18.1. The fraction of sp³-hybridized carbons (Fsp3) is 0.250. The van der Waals surface area contributed by atoms with Gasteiger partial charge in [0.1, 0.15) is 0 Å². The third-order valence-corrected chi connectivity index (χ3v) is 5.65. The van der Waals surface area contributed by atoms with Gasteiger partial charge in [0, 0.05) is 61.2 Å². The van der Waals surface area contributed by atoms with E-state index in [1.54, 1.807) is 0 Å². The normalized spacial score (nSPS) is 13.5. The van der Waals surface area contributed by atoms with Crippen LogP contribution < -0.4 is 10.7 Å². The molecule has 4 aromatic rings. The molecule has 0 bridgehead atoms. The Balaban J connectivity index is 1.36. The summed E-state index contributed by atoms with van der Waals surface area (Å²) in [5.41, 5.74) is 10.1. The van der Waals surface area contributed by atoms with Crippen molar-refractivity contribution < 1.29 is 0 Å². The van der Waals surface area contributed by atoms with Gasteiger partial charge < -0.3 is 20.2 Å². The molecule has 2 N–H and O–H groups in total. The minimum Gasteiger partial charge on any atom is -0.350 e. The van der Waals surface area contributed by atoms with Crippen molar-refractivity contribution in [3.8, 4) is 11.3 Å². The van der Waals surface area contributed by atoms with Crippen LogP contribution in [0.1, 0.15) is 5.56 Å². The van der Waals surface area contributed by atoms with Crippen LogP contribution in [0.15, 0.2) is 60.9 Å². The third kappa shape index (κ3) is 3.97. The number of benzene rings is 2. The first kappa shape index (κ1) is 19.5. The number of anilines is 3. The number of rotatable bonds is 6. The molecule has 31 heavy (non-hydrogen) atoms. The average Bonchev–Trinajstić information content (AvgIpc) is 3.33. The smallest absolute Gasteiger partial charge is 0.227 e. The molecule has 1 aliphatic rings. The molecular weight excluding hydrogens is 386 g/mol. The van der Waals surface area contributed by atoms with Gasteiger partial charge >= 0.3 is 0 Å². The monoisotopic (exact) mass is 413 g/mol. The Bertz CT molecular complexity index is 1230. The van der Waals surface area contributed by atoms with Crippen LogP contribution in [0.2, 0.25) is 0 Å². The number of hydrogen-bond donors (Lipinski definition) is 2. The predicted octanol–water partition coefficient (Wildman–Crippen LogP) is 4.08. The molecule has 0 amide bonds. The van der Waals surface area contributed by atoms with Gasteiger partial charge in [-0.15, -0.1) is 0 Å². The molecule has 1 aliphatic heterocycles. The van der Waals surface area contributed by atoms with Crippen molar-refractivity contribution in [1.82, 2.24) is 24.4 Å². The molecule has 5 rings (SSSR count). The molecule has 3 heterocycles. The summed E-state index contributed by atoms with van der Waals surface area (Å²) in [7, 11) is 6.25. The molecule has 0 aliphatic carbocycles. The van der Waals surface area contributed by atoms with Crippen LogP contribution in [0.4, 0.5) is 17.3 Å².